The average molecular weight is 286 g/mol. The Kier molecular flexibility index (Phi) is 4.23. The number of carboxylic acids is 1. The van der Waals surface area contributed by atoms with Crippen LogP contribution in [0.5, 0.6) is 5.75 Å². The smallest absolute Gasteiger partial charge is 0.339 e. The van der Waals surface area contributed by atoms with E-state index in [2.05, 4.69) is 4.74 Å². The lowest BCUT2D eigenvalue weighted by Crippen LogP contribution is -2.03. The van der Waals surface area contributed by atoms with Crippen LogP contribution in [-0.2, 0) is 4.74 Å². The summed E-state index contributed by atoms with van der Waals surface area (Å²) >= 11 is 0. The molecule has 2 aromatic carbocycles. The molecule has 108 valence electrons. The summed E-state index contributed by atoms with van der Waals surface area (Å²) in [4.78, 5) is 22.8. The maximum atomic E-state index is 11.6. The Balaban J connectivity index is 2.59. The SMILES string of the molecule is COC(=O)c1cccc(-c2cccc(C(=O)O)c2OC)c1. The van der Waals surface area contributed by atoms with Crippen LogP contribution in [0.25, 0.3) is 11.1 Å². The molecule has 2 aromatic rings. The lowest BCUT2D eigenvalue weighted by molar-refractivity contribution is 0.0599. The molecule has 0 aliphatic carbocycles. The van der Waals surface area contributed by atoms with E-state index in [9.17, 15) is 14.7 Å². The van der Waals surface area contributed by atoms with Crippen molar-refractivity contribution in [3.8, 4) is 16.9 Å². The van der Waals surface area contributed by atoms with Crippen molar-refractivity contribution in [1.82, 2.24) is 0 Å². The summed E-state index contributed by atoms with van der Waals surface area (Å²) in [6.07, 6.45) is 0. The Hall–Kier alpha value is -2.82. The van der Waals surface area contributed by atoms with Gasteiger partial charge in [-0.05, 0) is 23.8 Å². The number of esters is 1. The Bertz CT molecular complexity index is 691. The molecule has 0 saturated heterocycles. The second kappa shape index (κ2) is 6.09. The quantitative estimate of drug-likeness (QED) is 0.875. The Morgan fingerprint density at radius 3 is 2.38 bits per heavy atom. The van der Waals surface area contributed by atoms with E-state index >= 15 is 0 Å². The predicted octanol–water partition coefficient (Wildman–Crippen LogP) is 2.85. The number of ether oxygens (including phenoxy) is 2. The molecule has 5 nitrogen and oxygen atoms in total. The van der Waals surface area contributed by atoms with Gasteiger partial charge in [-0.2, -0.15) is 0 Å². The van der Waals surface area contributed by atoms with Crippen LogP contribution in [0.15, 0.2) is 42.5 Å². The number of methoxy groups -OCH3 is 2. The number of hydrogen-bond donors (Lipinski definition) is 1. The number of carbonyl (C=O) groups is 2. The van der Waals surface area contributed by atoms with Crippen LogP contribution in [0, 0.1) is 0 Å². The molecule has 0 saturated carbocycles. The molecule has 2 rings (SSSR count). The van der Waals surface area contributed by atoms with Gasteiger partial charge in [0.15, 0.2) is 0 Å². The summed E-state index contributed by atoms with van der Waals surface area (Å²) in [5.74, 6) is -1.27. The topological polar surface area (TPSA) is 72.8 Å². The fourth-order valence-electron chi connectivity index (χ4n) is 2.08. The minimum absolute atomic E-state index is 0.0680. The number of para-hydroxylation sites is 1. The molecule has 0 radical (unpaired) electrons. The second-order valence-corrected chi connectivity index (χ2v) is 4.26. The molecule has 0 bridgehead atoms. The predicted molar refractivity (Wildman–Crippen MR) is 76.7 cm³/mol. The number of carbonyl (C=O) groups excluding carboxylic acids is 1. The van der Waals surface area contributed by atoms with Crippen molar-refractivity contribution in [2.45, 2.75) is 0 Å². The molecule has 0 spiro atoms. The highest BCUT2D eigenvalue weighted by Crippen LogP contribution is 2.33. The molecule has 0 aromatic heterocycles. The standard InChI is InChI=1S/C16H14O5/c1-20-14-12(7-4-8-13(14)15(17)18)10-5-3-6-11(9-10)16(19)21-2/h3-9H,1-2H3,(H,17,18). The zero-order valence-electron chi connectivity index (χ0n) is 11.6. The van der Waals surface area contributed by atoms with Crippen molar-refractivity contribution in [1.29, 1.82) is 0 Å². The maximum absolute atomic E-state index is 11.6. The number of rotatable bonds is 4. The van der Waals surface area contributed by atoms with Gasteiger partial charge in [0.1, 0.15) is 11.3 Å². The highest BCUT2D eigenvalue weighted by atomic mass is 16.5. The first kappa shape index (κ1) is 14.6. The van der Waals surface area contributed by atoms with Gasteiger partial charge in [0.05, 0.1) is 19.8 Å². The van der Waals surface area contributed by atoms with Crippen LogP contribution in [0.1, 0.15) is 20.7 Å². The lowest BCUT2D eigenvalue weighted by Gasteiger charge is -2.12. The number of hydrogen-bond acceptors (Lipinski definition) is 4. The van der Waals surface area contributed by atoms with E-state index in [-0.39, 0.29) is 11.3 Å². The third-order valence-electron chi connectivity index (χ3n) is 3.04. The van der Waals surface area contributed by atoms with E-state index in [1.807, 2.05) is 0 Å². The largest absolute Gasteiger partial charge is 0.495 e. The van der Waals surface area contributed by atoms with E-state index < -0.39 is 11.9 Å². The van der Waals surface area contributed by atoms with E-state index in [4.69, 9.17) is 4.74 Å². The first-order valence-corrected chi connectivity index (χ1v) is 6.17. The number of carboxylic acid groups (broad SMARTS) is 1. The third-order valence-corrected chi connectivity index (χ3v) is 3.04. The van der Waals surface area contributed by atoms with Crippen molar-refractivity contribution in [2.75, 3.05) is 14.2 Å². The monoisotopic (exact) mass is 286 g/mol. The summed E-state index contributed by atoms with van der Waals surface area (Å²) < 4.78 is 9.90. The van der Waals surface area contributed by atoms with Gasteiger partial charge in [0.25, 0.3) is 0 Å². The zero-order valence-corrected chi connectivity index (χ0v) is 11.6. The molecule has 0 fully saturated rings. The van der Waals surface area contributed by atoms with Gasteiger partial charge in [-0.25, -0.2) is 9.59 Å². The van der Waals surface area contributed by atoms with Crippen LogP contribution in [0.3, 0.4) is 0 Å². The van der Waals surface area contributed by atoms with Gasteiger partial charge in [0.2, 0.25) is 0 Å². The first-order chi connectivity index (χ1) is 10.1. The molecule has 0 atom stereocenters. The fraction of sp³-hybridized carbons (Fsp3) is 0.125. The summed E-state index contributed by atoms with van der Waals surface area (Å²) in [5, 5.41) is 9.19. The molecule has 0 heterocycles. The molecule has 0 aliphatic rings. The molecular formula is C16H14O5. The molecular weight excluding hydrogens is 272 g/mol. The fourth-order valence-corrected chi connectivity index (χ4v) is 2.08. The average Bonchev–Trinajstić information content (AvgIpc) is 2.53. The molecule has 0 amide bonds. The molecule has 1 N–H and O–H groups in total. The molecule has 0 unspecified atom stereocenters. The Morgan fingerprint density at radius 2 is 1.76 bits per heavy atom. The van der Waals surface area contributed by atoms with Gasteiger partial charge in [-0.15, -0.1) is 0 Å². The van der Waals surface area contributed by atoms with E-state index in [1.54, 1.807) is 36.4 Å². The normalized spacial score (nSPS) is 10.0. The van der Waals surface area contributed by atoms with Crippen LogP contribution in [-0.4, -0.2) is 31.3 Å². The van der Waals surface area contributed by atoms with Crippen molar-refractivity contribution in [3.63, 3.8) is 0 Å². The summed E-state index contributed by atoms with van der Waals surface area (Å²) in [6, 6.07) is 11.6. The number of aromatic carboxylic acids is 1. The van der Waals surface area contributed by atoms with Crippen molar-refractivity contribution < 1.29 is 24.2 Å². The minimum Gasteiger partial charge on any atom is -0.495 e. The zero-order chi connectivity index (χ0) is 15.4. The summed E-state index contributed by atoms with van der Waals surface area (Å²) in [6.45, 7) is 0. The van der Waals surface area contributed by atoms with Gasteiger partial charge in [-0.3, -0.25) is 0 Å². The van der Waals surface area contributed by atoms with Gasteiger partial charge in [0, 0.05) is 5.56 Å². The lowest BCUT2D eigenvalue weighted by atomic mass is 9.99. The van der Waals surface area contributed by atoms with Crippen molar-refractivity contribution in [2.24, 2.45) is 0 Å². The van der Waals surface area contributed by atoms with Crippen molar-refractivity contribution in [3.05, 3.63) is 53.6 Å². The third kappa shape index (κ3) is 2.86. The van der Waals surface area contributed by atoms with Crippen LogP contribution >= 0.6 is 0 Å². The van der Waals surface area contributed by atoms with Crippen LogP contribution in [0.2, 0.25) is 0 Å². The highest BCUT2D eigenvalue weighted by Gasteiger charge is 2.16. The highest BCUT2D eigenvalue weighted by molar-refractivity contribution is 5.95. The molecule has 0 aliphatic heterocycles. The second-order valence-electron chi connectivity index (χ2n) is 4.26. The minimum atomic E-state index is -1.07. The van der Waals surface area contributed by atoms with Gasteiger partial charge >= 0.3 is 11.9 Å². The van der Waals surface area contributed by atoms with E-state index in [0.29, 0.717) is 16.7 Å². The summed E-state index contributed by atoms with van der Waals surface area (Å²) in [5.41, 5.74) is 1.73. The first-order valence-electron chi connectivity index (χ1n) is 6.17. The van der Waals surface area contributed by atoms with E-state index in [0.717, 1.165) is 0 Å². The summed E-state index contributed by atoms with van der Waals surface area (Å²) in [7, 11) is 2.72. The van der Waals surface area contributed by atoms with Gasteiger partial charge < -0.3 is 14.6 Å². The Morgan fingerprint density at radius 1 is 1.05 bits per heavy atom. The van der Waals surface area contributed by atoms with Crippen LogP contribution < -0.4 is 4.74 Å². The van der Waals surface area contributed by atoms with Crippen molar-refractivity contribution >= 4 is 11.9 Å². The van der Waals surface area contributed by atoms with E-state index in [1.165, 1.54) is 20.3 Å². The van der Waals surface area contributed by atoms with Crippen LogP contribution in [0.4, 0.5) is 0 Å². The number of benzene rings is 2. The van der Waals surface area contributed by atoms with Gasteiger partial charge in [-0.1, -0.05) is 24.3 Å². The molecule has 21 heavy (non-hydrogen) atoms. The maximum Gasteiger partial charge on any atom is 0.339 e. The Labute approximate surface area is 121 Å². The molecule has 5 heteroatoms.